The minimum atomic E-state index is -2.15. The summed E-state index contributed by atoms with van der Waals surface area (Å²) in [7, 11) is 0. The second kappa shape index (κ2) is 9.28. The lowest BCUT2D eigenvalue weighted by Gasteiger charge is -2.31. The zero-order valence-corrected chi connectivity index (χ0v) is 16.5. The van der Waals surface area contributed by atoms with Crippen molar-refractivity contribution in [1.82, 2.24) is 0 Å². The Labute approximate surface area is 156 Å². The third-order valence-electron chi connectivity index (χ3n) is 4.96. The Morgan fingerprint density at radius 2 is 1.92 bits per heavy atom. The summed E-state index contributed by atoms with van der Waals surface area (Å²) >= 11 is 0. The Balaban J connectivity index is 3.33. The third-order valence-corrected chi connectivity index (χ3v) is 4.96. The number of ether oxygens (including phenoxy) is 1. The number of cyclic esters (lactones) is 1. The summed E-state index contributed by atoms with van der Waals surface area (Å²) in [5.41, 5.74) is 0.421. The van der Waals surface area contributed by atoms with Crippen molar-refractivity contribution in [2.24, 2.45) is 11.8 Å². The molecule has 2 N–H and O–H groups in total. The topological polar surface area (TPSA) is 83.8 Å². The quantitative estimate of drug-likeness (QED) is 0.581. The number of aliphatic hydroxyl groups is 2. The van der Waals surface area contributed by atoms with Crippen LogP contribution in [0.3, 0.4) is 0 Å². The molecule has 0 aromatic heterocycles. The normalized spacial score (nSPS) is 36.4. The lowest BCUT2D eigenvalue weighted by Crippen LogP contribution is -2.52. The number of rotatable bonds is 2. The fourth-order valence-electron chi connectivity index (χ4n) is 3.30. The fraction of sp³-hybridized carbons (Fsp3) is 0.619. The molecular formula is C21H32O5. The first-order chi connectivity index (χ1) is 12.0. The Bertz CT molecular complexity index is 616. The van der Waals surface area contributed by atoms with Crippen molar-refractivity contribution in [3.05, 3.63) is 35.5 Å². The Hall–Kier alpha value is -1.72. The van der Waals surface area contributed by atoms with Crippen LogP contribution in [-0.4, -0.2) is 40.3 Å². The highest BCUT2D eigenvalue weighted by molar-refractivity contribution is 5.93. The highest BCUT2D eigenvalue weighted by Crippen LogP contribution is 2.27. The molecule has 1 heterocycles. The van der Waals surface area contributed by atoms with Gasteiger partial charge in [0.15, 0.2) is 11.4 Å². The van der Waals surface area contributed by atoms with E-state index in [9.17, 15) is 19.8 Å². The SMILES string of the molecule is C=C1/C=C(\C)C(CC)OC(=O)C(C)C(O)(CO)C(=O)C/C(C)=C/C(C)C1. The van der Waals surface area contributed by atoms with Crippen LogP contribution in [0.25, 0.3) is 0 Å². The van der Waals surface area contributed by atoms with Crippen LogP contribution in [0.15, 0.2) is 35.5 Å². The van der Waals surface area contributed by atoms with E-state index in [0.717, 1.165) is 16.7 Å². The van der Waals surface area contributed by atoms with Crippen LogP contribution < -0.4 is 0 Å². The molecule has 1 rings (SSSR count). The van der Waals surface area contributed by atoms with Crippen LogP contribution in [-0.2, 0) is 14.3 Å². The van der Waals surface area contributed by atoms with Gasteiger partial charge in [-0.05, 0) is 45.1 Å². The van der Waals surface area contributed by atoms with E-state index in [1.165, 1.54) is 6.92 Å². The standard InChI is InChI=1S/C21H32O5/c1-7-18-16(5)10-14(3)8-13(2)9-15(4)11-19(23)21(25,12-22)17(6)20(24)26-18/h9-10,13,17-18,22,25H,3,7-8,11-12H2,1-2,4-6H3/b15-9+,16-10+. The minimum absolute atomic E-state index is 0.0302. The number of allylic oxidation sites excluding steroid dienone is 4. The number of hydrogen-bond acceptors (Lipinski definition) is 5. The van der Waals surface area contributed by atoms with Gasteiger partial charge in [-0.3, -0.25) is 9.59 Å². The lowest BCUT2D eigenvalue weighted by atomic mass is 9.82. The molecule has 4 unspecified atom stereocenters. The van der Waals surface area contributed by atoms with Crippen LogP contribution in [0, 0.1) is 11.8 Å². The predicted molar refractivity (Wildman–Crippen MR) is 101 cm³/mol. The van der Waals surface area contributed by atoms with Crippen LogP contribution in [0.1, 0.15) is 53.9 Å². The molecule has 0 aromatic carbocycles. The minimum Gasteiger partial charge on any atom is -0.458 e. The van der Waals surface area contributed by atoms with E-state index in [4.69, 9.17) is 4.74 Å². The number of carbonyl (C=O) groups excluding carboxylic acids is 2. The van der Waals surface area contributed by atoms with Gasteiger partial charge < -0.3 is 14.9 Å². The number of carbonyl (C=O) groups is 2. The van der Waals surface area contributed by atoms with E-state index in [-0.39, 0.29) is 12.3 Å². The molecule has 0 saturated carbocycles. The molecule has 0 spiro atoms. The second-order valence-corrected chi connectivity index (χ2v) is 7.48. The Morgan fingerprint density at radius 3 is 2.46 bits per heavy atom. The molecule has 1 aliphatic rings. The maximum absolute atomic E-state index is 12.6. The van der Waals surface area contributed by atoms with E-state index in [0.29, 0.717) is 12.8 Å². The van der Waals surface area contributed by atoms with Gasteiger partial charge in [0.05, 0.1) is 12.5 Å². The number of ketones is 1. The van der Waals surface area contributed by atoms with Crippen molar-refractivity contribution in [1.29, 1.82) is 0 Å². The van der Waals surface area contributed by atoms with Gasteiger partial charge in [-0.15, -0.1) is 0 Å². The molecule has 5 heteroatoms. The molecule has 0 aliphatic carbocycles. The van der Waals surface area contributed by atoms with E-state index in [1.807, 2.05) is 32.9 Å². The smallest absolute Gasteiger partial charge is 0.312 e. The summed E-state index contributed by atoms with van der Waals surface area (Å²) in [6, 6.07) is 0. The first-order valence-electron chi connectivity index (χ1n) is 9.15. The summed E-state index contributed by atoms with van der Waals surface area (Å²) < 4.78 is 5.53. The molecule has 4 atom stereocenters. The number of hydrogen-bond donors (Lipinski definition) is 2. The zero-order chi connectivity index (χ0) is 20.1. The second-order valence-electron chi connectivity index (χ2n) is 7.48. The van der Waals surface area contributed by atoms with Crippen molar-refractivity contribution in [3.63, 3.8) is 0 Å². The van der Waals surface area contributed by atoms with E-state index in [1.54, 1.807) is 6.92 Å². The monoisotopic (exact) mass is 364 g/mol. The van der Waals surface area contributed by atoms with Gasteiger partial charge in [-0.2, -0.15) is 0 Å². The van der Waals surface area contributed by atoms with Crippen molar-refractivity contribution < 1.29 is 24.5 Å². The maximum atomic E-state index is 12.6. The average Bonchev–Trinajstić information content (AvgIpc) is 2.56. The first-order valence-corrected chi connectivity index (χ1v) is 9.15. The van der Waals surface area contributed by atoms with Crippen LogP contribution in [0.4, 0.5) is 0 Å². The largest absolute Gasteiger partial charge is 0.458 e. The highest BCUT2D eigenvalue weighted by atomic mass is 16.5. The Morgan fingerprint density at radius 1 is 1.31 bits per heavy atom. The molecule has 0 saturated heterocycles. The zero-order valence-electron chi connectivity index (χ0n) is 16.5. The fourth-order valence-corrected chi connectivity index (χ4v) is 3.30. The van der Waals surface area contributed by atoms with Crippen LogP contribution in [0.2, 0.25) is 0 Å². The van der Waals surface area contributed by atoms with Gasteiger partial charge in [0.25, 0.3) is 0 Å². The van der Waals surface area contributed by atoms with Crippen molar-refractivity contribution in [3.8, 4) is 0 Å². The van der Waals surface area contributed by atoms with Crippen LogP contribution in [0.5, 0.6) is 0 Å². The molecule has 1 aliphatic heterocycles. The van der Waals surface area contributed by atoms with Crippen molar-refractivity contribution in [2.45, 2.75) is 65.6 Å². The molecule has 0 radical (unpaired) electrons. The van der Waals surface area contributed by atoms with E-state index in [2.05, 4.69) is 6.58 Å². The molecular weight excluding hydrogens is 332 g/mol. The van der Waals surface area contributed by atoms with Gasteiger partial charge in [0.1, 0.15) is 6.10 Å². The summed E-state index contributed by atoms with van der Waals surface area (Å²) in [4.78, 5) is 25.1. The predicted octanol–water partition coefficient (Wildman–Crippen LogP) is 3.12. The van der Waals surface area contributed by atoms with Crippen LogP contribution >= 0.6 is 0 Å². The number of aliphatic hydroxyl groups excluding tert-OH is 1. The molecule has 0 aromatic rings. The number of Topliss-reactive ketones (excluding diaryl/α,β-unsaturated/α-hetero) is 1. The lowest BCUT2D eigenvalue weighted by molar-refractivity contribution is -0.171. The van der Waals surface area contributed by atoms with Gasteiger partial charge >= 0.3 is 5.97 Å². The third kappa shape index (κ3) is 5.39. The Kier molecular flexibility index (Phi) is 7.97. The molecule has 0 fully saturated rings. The van der Waals surface area contributed by atoms with Crippen molar-refractivity contribution in [2.75, 3.05) is 6.61 Å². The summed E-state index contributed by atoms with van der Waals surface area (Å²) in [6.45, 7) is 12.3. The average molecular weight is 364 g/mol. The van der Waals surface area contributed by atoms with Gasteiger partial charge in [-0.1, -0.05) is 43.7 Å². The number of esters is 1. The van der Waals surface area contributed by atoms with Gasteiger partial charge in [0.2, 0.25) is 0 Å². The summed E-state index contributed by atoms with van der Waals surface area (Å²) in [5, 5.41) is 20.3. The van der Waals surface area contributed by atoms with E-state index >= 15 is 0 Å². The molecule has 0 bridgehead atoms. The van der Waals surface area contributed by atoms with E-state index < -0.39 is 36.0 Å². The summed E-state index contributed by atoms with van der Waals surface area (Å²) in [6.07, 6.45) is 4.69. The van der Waals surface area contributed by atoms with Gasteiger partial charge in [-0.25, -0.2) is 0 Å². The van der Waals surface area contributed by atoms with Crippen molar-refractivity contribution >= 4 is 11.8 Å². The molecule has 0 amide bonds. The summed E-state index contributed by atoms with van der Waals surface area (Å²) in [5.74, 6) is -2.28. The first kappa shape index (κ1) is 22.3. The molecule has 146 valence electrons. The molecule has 5 nitrogen and oxygen atoms in total. The molecule has 26 heavy (non-hydrogen) atoms. The highest BCUT2D eigenvalue weighted by Gasteiger charge is 2.45. The van der Waals surface area contributed by atoms with Gasteiger partial charge in [0, 0.05) is 6.42 Å². The maximum Gasteiger partial charge on any atom is 0.312 e.